The zero-order valence-corrected chi connectivity index (χ0v) is 13.6. The molecule has 6 heteroatoms. The molecule has 1 aromatic rings. The molecule has 2 unspecified atom stereocenters. The van der Waals surface area contributed by atoms with Gasteiger partial charge >= 0.3 is 0 Å². The standard InChI is InChI=1S/C14H18BrClFNO2/c1-2-3-18-14(13-8-19-4-5-20-13)9-6-11(16)10(15)7-12(9)17/h6-7,13-14,18H,2-5,8H2,1H3. The Bertz CT molecular complexity index is 455. The molecule has 20 heavy (non-hydrogen) atoms. The van der Waals surface area contributed by atoms with Gasteiger partial charge in [-0.05, 0) is 41.0 Å². The zero-order chi connectivity index (χ0) is 14.5. The van der Waals surface area contributed by atoms with Gasteiger partial charge in [0.15, 0.2) is 0 Å². The van der Waals surface area contributed by atoms with Crippen molar-refractivity contribution in [2.45, 2.75) is 25.5 Å². The fraction of sp³-hybridized carbons (Fsp3) is 0.571. The van der Waals surface area contributed by atoms with Crippen molar-refractivity contribution in [2.24, 2.45) is 0 Å². The molecule has 1 heterocycles. The summed E-state index contributed by atoms with van der Waals surface area (Å²) in [6.45, 7) is 4.40. The summed E-state index contributed by atoms with van der Waals surface area (Å²) in [5, 5.41) is 3.81. The molecule has 0 spiro atoms. The molecule has 0 aliphatic carbocycles. The van der Waals surface area contributed by atoms with Gasteiger partial charge in [-0.2, -0.15) is 0 Å². The minimum atomic E-state index is -0.302. The maximum Gasteiger partial charge on any atom is 0.129 e. The van der Waals surface area contributed by atoms with E-state index in [9.17, 15) is 4.39 Å². The summed E-state index contributed by atoms with van der Waals surface area (Å²) >= 11 is 9.32. The van der Waals surface area contributed by atoms with Crippen molar-refractivity contribution in [1.82, 2.24) is 5.32 Å². The Balaban J connectivity index is 2.27. The van der Waals surface area contributed by atoms with E-state index in [1.807, 2.05) is 0 Å². The molecule has 1 fully saturated rings. The van der Waals surface area contributed by atoms with Crippen molar-refractivity contribution in [3.8, 4) is 0 Å². The molecule has 2 atom stereocenters. The van der Waals surface area contributed by atoms with Gasteiger partial charge in [0.05, 0.1) is 30.9 Å². The third kappa shape index (κ3) is 3.92. The molecule has 0 amide bonds. The molecular weight excluding hydrogens is 349 g/mol. The van der Waals surface area contributed by atoms with Crippen LogP contribution in [-0.2, 0) is 9.47 Å². The Hall–Kier alpha value is -0.200. The monoisotopic (exact) mass is 365 g/mol. The Morgan fingerprint density at radius 3 is 2.95 bits per heavy atom. The second kappa shape index (κ2) is 7.71. The Kier molecular flexibility index (Phi) is 6.23. The highest BCUT2D eigenvalue weighted by atomic mass is 79.9. The van der Waals surface area contributed by atoms with Crippen LogP contribution in [0, 0.1) is 5.82 Å². The molecule has 0 saturated carbocycles. The predicted octanol–water partition coefficient (Wildman–Crippen LogP) is 3.70. The molecule has 1 aromatic carbocycles. The molecular formula is C14H18BrClFNO2. The highest BCUT2D eigenvalue weighted by Crippen LogP contribution is 2.31. The quantitative estimate of drug-likeness (QED) is 0.806. The Morgan fingerprint density at radius 2 is 2.30 bits per heavy atom. The largest absolute Gasteiger partial charge is 0.376 e. The summed E-state index contributed by atoms with van der Waals surface area (Å²) in [5.74, 6) is -0.302. The minimum Gasteiger partial charge on any atom is -0.376 e. The van der Waals surface area contributed by atoms with E-state index in [4.69, 9.17) is 21.1 Å². The molecule has 1 aliphatic heterocycles. The number of hydrogen-bond donors (Lipinski definition) is 1. The van der Waals surface area contributed by atoms with Gasteiger partial charge in [0.25, 0.3) is 0 Å². The Morgan fingerprint density at radius 1 is 1.50 bits per heavy atom. The molecule has 0 aromatic heterocycles. The smallest absolute Gasteiger partial charge is 0.129 e. The average molecular weight is 367 g/mol. The van der Waals surface area contributed by atoms with Crippen LogP contribution in [0.4, 0.5) is 4.39 Å². The first kappa shape index (κ1) is 16.2. The minimum absolute atomic E-state index is 0.206. The lowest BCUT2D eigenvalue weighted by molar-refractivity contribution is -0.102. The maximum absolute atomic E-state index is 14.2. The summed E-state index contributed by atoms with van der Waals surface area (Å²) in [6, 6.07) is 2.77. The van der Waals surface area contributed by atoms with Crippen LogP contribution in [0.15, 0.2) is 16.6 Å². The Labute approximate surface area is 131 Å². The van der Waals surface area contributed by atoms with E-state index in [1.165, 1.54) is 6.07 Å². The molecule has 0 radical (unpaired) electrons. The summed E-state index contributed by atoms with van der Waals surface area (Å²) < 4.78 is 25.9. The van der Waals surface area contributed by atoms with Crippen LogP contribution in [0.2, 0.25) is 5.02 Å². The molecule has 2 rings (SSSR count). The molecule has 3 nitrogen and oxygen atoms in total. The van der Waals surface area contributed by atoms with Crippen LogP contribution >= 0.6 is 27.5 Å². The average Bonchev–Trinajstić information content (AvgIpc) is 2.45. The lowest BCUT2D eigenvalue weighted by Gasteiger charge is -2.31. The van der Waals surface area contributed by atoms with E-state index in [0.717, 1.165) is 13.0 Å². The first-order valence-electron chi connectivity index (χ1n) is 6.70. The van der Waals surface area contributed by atoms with Crippen molar-refractivity contribution < 1.29 is 13.9 Å². The molecule has 1 N–H and O–H groups in total. The van der Waals surface area contributed by atoms with Gasteiger partial charge in [0.1, 0.15) is 11.9 Å². The van der Waals surface area contributed by atoms with E-state index in [0.29, 0.717) is 34.9 Å². The van der Waals surface area contributed by atoms with Crippen molar-refractivity contribution >= 4 is 27.5 Å². The van der Waals surface area contributed by atoms with Crippen molar-refractivity contribution in [3.63, 3.8) is 0 Å². The SMILES string of the molecule is CCCNC(c1cc(Cl)c(Br)cc1F)C1COCCO1. The van der Waals surface area contributed by atoms with Crippen LogP contribution in [0.5, 0.6) is 0 Å². The predicted molar refractivity (Wildman–Crippen MR) is 80.7 cm³/mol. The number of ether oxygens (including phenoxy) is 2. The lowest BCUT2D eigenvalue weighted by Crippen LogP contribution is -2.41. The van der Waals surface area contributed by atoms with Gasteiger partial charge in [0.2, 0.25) is 0 Å². The normalized spacial score (nSPS) is 20.9. The highest BCUT2D eigenvalue weighted by molar-refractivity contribution is 9.10. The van der Waals surface area contributed by atoms with Gasteiger partial charge in [-0.3, -0.25) is 0 Å². The van der Waals surface area contributed by atoms with E-state index < -0.39 is 0 Å². The van der Waals surface area contributed by atoms with Crippen LogP contribution in [0.3, 0.4) is 0 Å². The summed E-state index contributed by atoms with van der Waals surface area (Å²) in [6.07, 6.45) is 0.748. The number of halogens is 3. The maximum atomic E-state index is 14.2. The van der Waals surface area contributed by atoms with Gasteiger partial charge in [-0.15, -0.1) is 0 Å². The first-order valence-corrected chi connectivity index (χ1v) is 7.87. The van der Waals surface area contributed by atoms with Gasteiger partial charge in [-0.1, -0.05) is 18.5 Å². The van der Waals surface area contributed by atoms with Crippen molar-refractivity contribution in [1.29, 1.82) is 0 Å². The summed E-state index contributed by atoms with van der Waals surface area (Å²) in [5.41, 5.74) is 0.516. The highest BCUT2D eigenvalue weighted by Gasteiger charge is 2.28. The molecule has 112 valence electrons. The molecule has 1 saturated heterocycles. The lowest BCUT2D eigenvalue weighted by atomic mass is 10.0. The molecule has 0 bridgehead atoms. The summed E-state index contributed by atoms with van der Waals surface area (Å²) in [7, 11) is 0. The fourth-order valence-electron chi connectivity index (χ4n) is 2.22. The second-order valence-corrected chi connectivity index (χ2v) is 5.97. The van der Waals surface area contributed by atoms with Gasteiger partial charge in [-0.25, -0.2) is 4.39 Å². The third-order valence-corrected chi connectivity index (χ3v) is 4.40. The number of benzene rings is 1. The third-order valence-electron chi connectivity index (χ3n) is 3.20. The number of nitrogens with one attached hydrogen (secondary N) is 1. The van der Waals surface area contributed by atoms with E-state index in [-0.39, 0.29) is 18.0 Å². The van der Waals surface area contributed by atoms with Crippen LogP contribution in [-0.4, -0.2) is 32.5 Å². The van der Waals surface area contributed by atoms with Crippen LogP contribution in [0.1, 0.15) is 24.9 Å². The second-order valence-electron chi connectivity index (χ2n) is 4.70. The topological polar surface area (TPSA) is 30.5 Å². The van der Waals surface area contributed by atoms with E-state index in [1.54, 1.807) is 6.07 Å². The van der Waals surface area contributed by atoms with E-state index >= 15 is 0 Å². The van der Waals surface area contributed by atoms with Gasteiger partial charge < -0.3 is 14.8 Å². The van der Waals surface area contributed by atoms with Crippen molar-refractivity contribution in [3.05, 3.63) is 33.0 Å². The number of rotatable bonds is 5. The van der Waals surface area contributed by atoms with Crippen LogP contribution in [0.25, 0.3) is 0 Å². The zero-order valence-electron chi connectivity index (χ0n) is 11.3. The molecule has 1 aliphatic rings. The number of hydrogen-bond acceptors (Lipinski definition) is 3. The summed E-state index contributed by atoms with van der Waals surface area (Å²) in [4.78, 5) is 0. The van der Waals surface area contributed by atoms with Gasteiger partial charge in [0, 0.05) is 10.0 Å². The van der Waals surface area contributed by atoms with Crippen molar-refractivity contribution in [2.75, 3.05) is 26.4 Å². The fourth-order valence-corrected chi connectivity index (χ4v) is 2.70. The van der Waals surface area contributed by atoms with Crippen LogP contribution < -0.4 is 5.32 Å². The first-order chi connectivity index (χ1) is 9.63. The van der Waals surface area contributed by atoms with E-state index in [2.05, 4.69) is 28.2 Å².